The van der Waals surface area contributed by atoms with E-state index in [1.54, 1.807) is 24.3 Å². The highest BCUT2D eigenvalue weighted by Gasteiger charge is 2.17. The Morgan fingerprint density at radius 3 is 2.31 bits per heavy atom. The molecule has 0 spiro atoms. The summed E-state index contributed by atoms with van der Waals surface area (Å²) in [6, 6.07) is 8.24. The maximum Gasteiger partial charge on any atom is 0.296 e. The van der Waals surface area contributed by atoms with Gasteiger partial charge in [0, 0.05) is 5.39 Å². The van der Waals surface area contributed by atoms with Gasteiger partial charge in [-0.2, -0.15) is 8.42 Å². The summed E-state index contributed by atoms with van der Waals surface area (Å²) in [5, 5.41) is 1.27. The molecule has 0 aliphatic carbocycles. The molecule has 0 saturated carbocycles. The predicted molar refractivity (Wildman–Crippen MR) is 62.6 cm³/mol. The minimum atomic E-state index is -4.35. The molecular weight excluding hydrogens is 228 g/mol. The molecule has 0 heterocycles. The van der Waals surface area contributed by atoms with E-state index < -0.39 is 10.1 Å². The van der Waals surface area contributed by atoms with Crippen molar-refractivity contribution < 1.29 is 13.0 Å². The SMILES string of the molecule is Nc1c(S(=O)(=O)O)cc2ccccc2c1N. The number of hydrogen-bond acceptors (Lipinski definition) is 4. The van der Waals surface area contributed by atoms with Crippen molar-refractivity contribution in [2.24, 2.45) is 0 Å². The molecule has 0 saturated heterocycles. The summed E-state index contributed by atoms with van der Waals surface area (Å²) in [5.41, 5.74) is 11.3. The molecule has 0 aliphatic rings. The molecular formula is C10H10N2O3S. The number of fused-ring (bicyclic) bond motifs is 1. The minimum absolute atomic E-state index is 0.124. The molecule has 0 aliphatic heterocycles. The lowest BCUT2D eigenvalue weighted by molar-refractivity contribution is 0.484. The number of benzene rings is 2. The molecule has 0 fully saturated rings. The van der Waals surface area contributed by atoms with Gasteiger partial charge >= 0.3 is 0 Å². The number of anilines is 2. The highest BCUT2D eigenvalue weighted by atomic mass is 32.2. The fourth-order valence-electron chi connectivity index (χ4n) is 1.58. The predicted octanol–water partition coefficient (Wildman–Crippen LogP) is 1.25. The Kier molecular flexibility index (Phi) is 2.25. The highest BCUT2D eigenvalue weighted by molar-refractivity contribution is 7.86. The van der Waals surface area contributed by atoms with Crippen LogP contribution in [0.15, 0.2) is 35.2 Å². The van der Waals surface area contributed by atoms with Crippen molar-refractivity contribution in [2.75, 3.05) is 11.5 Å². The molecule has 0 aromatic heterocycles. The van der Waals surface area contributed by atoms with Crippen molar-refractivity contribution in [3.63, 3.8) is 0 Å². The van der Waals surface area contributed by atoms with Crippen molar-refractivity contribution in [3.8, 4) is 0 Å². The van der Waals surface area contributed by atoms with Gasteiger partial charge in [0.2, 0.25) is 0 Å². The molecule has 5 N–H and O–H groups in total. The quantitative estimate of drug-likeness (QED) is 0.512. The van der Waals surface area contributed by atoms with Gasteiger partial charge in [-0.25, -0.2) is 0 Å². The number of hydrogen-bond donors (Lipinski definition) is 3. The van der Waals surface area contributed by atoms with Gasteiger partial charge in [0.1, 0.15) is 4.90 Å². The van der Waals surface area contributed by atoms with Crippen LogP contribution in [-0.4, -0.2) is 13.0 Å². The van der Waals surface area contributed by atoms with Crippen LogP contribution in [0.1, 0.15) is 0 Å². The van der Waals surface area contributed by atoms with Crippen LogP contribution in [0.25, 0.3) is 10.8 Å². The van der Waals surface area contributed by atoms with Crippen molar-refractivity contribution in [1.29, 1.82) is 0 Å². The van der Waals surface area contributed by atoms with E-state index >= 15 is 0 Å². The third-order valence-corrected chi connectivity index (χ3v) is 3.26. The molecule has 0 bridgehead atoms. The third kappa shape index (κ3) is 1.58. The molecule has 2 aromatic carbocycles. The molecule has 16 heavy (non-hydrogen) atoms. The average Bonchev–Trinajstić information content (AvgIpc) is 2.22. The molecule has 2 rings (SSSR count). The van der Waals surface area contributed by atoms with Crippen molar-refractivity contribution >= 4 is 32.3 Å². The molecule has 0 radical (unpaired) electrons. The van der Waals surface area contributed by atoms with Crippen LogP contribution in [0.2, 0.25) is 0 Å². The number of rotatable bonds is 1. The Balaban J connectivity index is 2.95. The first-order valence-electron chi connectivity index (χ1n) is 4.45. The van der Waals surface area contributed by atoms with E-state index in [9.17, 15) is 8.42 Å². The zero-order valence-corrected chi connectivity index (χ0v) is 9.03. The second kappa shape index (κ2) is 3.36. The smallest absolute Gasteiger partial charge is 0.296 e. The Morgan fingerprint density at radius 2 is 1.69 bits per heavy atom. The zero-order chi connectivity index (χ0) is 11.9. The summed E-state index contributed by atoms with van der Waals surface area (Å²) >= 11 is 0. The van der Waals surface area contributed by atoms with Crippen molar-refractivity contribution in [2.45, 2.75) is 4.90 Å². The first-order chi connectivity index (χ1) is 7.41. The molecule has 5 nitrogen and oxygen atoms in total. The molecule has 0 atom stereocenters. The Labute approximate surface area is 92.4 Å². The van der Waals surface area contributed by atoms with Crippen molar-refractivity contribution in [3.05, 3.63) is 30.3 Å². The van der Waals surface area contributed by atoms with Gasteiger partial charge in [-0.05, 0) is 11.5 Å². The molecule has 84 valence electrons. The van der Waals surface area contributed by atoms with E-state index in [1.165, 1.54) is 6.07 Å². The molecule has 0 unspecified atom stereocenters. The lowest BCUT2D eigenvalue weighted by atomic mass is 10.1. The van der Waals surface area contributed by atoms with Crippen LogP contribution in [0.5, 0.6) is 0 Å². The van der Waals surface area contributed by atoms with Gasteiger partial charge in [0.05, 0.1) is 11.4 Å². The van der Waals surface area contributed by atoms with Gasteiger partial charge < -0.3 is 11.5 Å². The van der Waals surface area contributed by atoms with Crippen molar-refractivity contribution in [1.82, 2.24) is 0 Å². The fourth-order valence-corrected chi connectivity index (χ4v) is 2.24. The van der Waals surface area contributed by atoms with E-state index in [-0.39, 0.29) is 16.3 Å². The van der Waals surface area contributed by atoms with Gasteiger partial charge in [-0.1, -0.05) is 24.3 Å². The molecule has 2 aromatic rings. The van der Waals surface area contributed by atoms with Crippen LogP contribution in [0, 0.1) is 0 Å². The van der Waals surface area contributed by atoms with Gasteiger partial charge in [-0.3, -0.25) is 4.55 Å². The molecule has 0 amide bonds. The number of nitrogen functional groups attached to an aromatic ring is 2. The standard InChI is InChI=1S/C10H10N2O3S/c11-9-7-4-2-1-3-6(7)5-8(10(9)12)16(13,14)15/h1-5H,11-12H2,(H,13,14,15). The van der Waals surface area contributed by atoms with Crippen LogP contribution < -0.4 is 11.5 Å². The fraction of sp³-hybridized carbons (Fsp3) is 0. The Bertz CT molecular complexity index is 665. The minimum Gasteiger partial charge on any atom is -0.397 e. The third-order valence-electron chi connectivity index (χ3n) is 2.37. The van der Waals surface area contributed by atoms with Crippen LogP contribution in [0.4, 0.5) is 11.4 Å². The zero-order valence-electron chi connectivity index (χ0n) is 8.21. The summed E-state index contributed by atoms with van der Waals surface area (Å²) < 4.78 is 31.1. The largest absolute Gasteiger partial charge is 0.397 e. The summed E-state index contributed by atoms with van der Waals surface area (Å²) in [4.78, 5) is -0.358. The summed E-state index contributed by atoms with van der Waals surface area (Å²) in [5.74, 6) is 0. The first kappa shape index (κ1) is 10.7. The lowest BCUT2D eigenvalue weighted by Gasteiger charge is -2.09. The average molecular weight is 238 g/mol. The van der Waals surface area contributed by atoms with Gasteiger partial charge in [-0.15, -0.1) is 0 Å². The highest BCUT2D eigenvalue weighted by Crippen LogP contribution is 2.32. The Morgan fingerprint density at radius 1 is 1.06 bits per heavy atom. The van der Waals surface area contributed by atoms with Gasteiger partial charge in [0.15, 0.2) is 0 Å². The van der Waals surface area contributed by atoms with E-state index in [0.29, 0.717) is 10.8 Å². The first-order valence-corrected chi connectivity index (χ1v) is 5.89. The summed E-state index contributed by atoms with van der Waals surface area (Å²) in [6.07, 6.45) is 0. The van der Waals surface area contributed by atoms with Crippen LogP contribution >= 0.6 is 0 Å². The summed E-state index contributed by atoms with van der Waals surface area (Å²) in [7, 11) is -4.35. The second-order valence-corrected chi connectivity index (χ2v) is 4.79. The summed E-state index contributed by atoms with van der Waals surface area (Å²) in [6.45, 7) is 0. The Hall–Kier alpha value is -1.79. The maximum absolute atomic E-state index is 11.1. The van der Waals surface area contributed by atoms with Crippen LogP contribution in [-0.2, 0) is 10.1 Å². The lowest BCUT2D eigenvalue weighted by Crippen LogP contribution is -2.06. The number of nitrogens with two attached hydrogens (primary N) is 2. The van der Waals surface area contributed by atoms with E-state index in [1.807, 2.05) is 0 Å². The molecule has 6 heteroatoms. The second-order valence-electron chi connectivity index (χ2n) is 3.40. The van der Waals surface area contributed by atoms with E-state index in [0.717, 1.165) is 0 Å². The van der Waals surface area contributed by atoms with E-state index in [2.05, 4.69) is 0 Å². The van der Waals surface area contributed by atoms with Crippen LogP contribution in [0.3, 0.4) is 0 Å². The monoisotopic (exact) mass is 238 g/mol. The maximum atomic E-state index is 11.1. The van der Waals surface area contributed by atoms with E-state index in [4.69, 9.17) is 16.0 Å². The normalized spacial score (nSPS) is 11.8. The topological polar surface area (TPSA) is 106 Å². The van der Waals surface area contributed by atoms with Gasteiger partial charge in [0.25, 0.3) is 10.1 Å².